The smallest absolute Gasteiger partial charge is 0.305 e. The van der Waals surface area contributed by atoms with E-state index in [-0.39, 0.29) is 30.1 Å². The molecule has 2 aliphatic heterocycles. The van der Waals surface area contributed by atoms with Crippen LogP contribution in [-0.4, -0.2) is 77.3 Å². The molecule has 240 valence electrons. The van der Waals surface area contributed by atoms with Gasteiger partial charge >= 0.3 is 5.97 Å². The number of methoxy groups -OCH3 is 1. The highest BCUT2D eigenvalue weighted by Gasteiger charge is 2.40. The van der Waals surface area contributed by atoms with Crippen LogP contribution in [0.15, 0.2) is 30.5 Å². The molecule has 0 saturated carbocycles. The fourth-order valence-electron chi connectivity index (χ4n) is 6.20. The molecular formula is C33H47N5O6. The summed E-state index contributed by atoms with van der Waals surface area (Å²) in [4.78, 5) is 71.7. The fraction of sp³-hybridized carbons (Fsp3) is 0.606. The van der Waals surface area contributed by atoms with Crippen LogP contribution >= 0.6 is 0 Å². The number of nitrogens with one attached hydrogen (secondary N) is 4. The molecule has 0 radical (unpaired) electrons. The van der Waals surface area contributed by atoms with E-state index in [2.05, 4.69) is 20.9 Å². The van der Waals surface area contributed by atoms with Gasteiger partial charge in [-0.1, -0.05) is 57.7 Å². The first-order chi connectivity index (χ1) is 21.2. The molecule has 0 aliphatic carbocycles. The molecule has 2 aliphatic rings. The van der Waals surface area contributed by atoms with Crippen LogP contribution in [0.1, 0.15) is 83.6 Å². The lowest BCUT2D eigenvalue weighted by molar-refractivity contribution is -0.147. The Labute approximate surface area is 259 Å². The molecule has 1 unspecified atom stereocenters. The third-order valence-corrected chi connectivity index (χ3v) is 9.08. The molecule has 4 rings (SSSR count). The summed E-state index contributed by atoms with van der Waals surface area (Å²) >= 11 is 0. The van der Waals surface area contributed by atoms with E-state index >= 15 is 0 Å². The Bertz CT molecular complexity index is 1320. The highest BCUT2D eigenvalue weighted by molar-refractivity contribution is 5.98. The number of amides is 4. The van der Waals surface area contributed by atoms with E-state index in [0.29, 0.717) is 45.1 Å². The highest BCUT2D eigenvalue weighted by Crippen LogP contribution is 2.23. The second-order valence-electron chi connectivity index (χ2n) is 12.1. The maximum Gasteiger partial charge on any atom is 0.305 e. The molecule has 11 heteroatoms. The Morgan fingerprint density at radius 2 is 1.68 bits per heavy atom. The first-order valence-electron chi connectivity index (χ1n) is 16.1. The van der Waals surface area contributed by atoms with Gasteiger partial charge in [-0.05, 0) is 49.7 Å². The maximum absolute atomic E-state index is 14.0. The SMILES string of the molecule is CCC(C)[C@@H]1NC(=O)[C@H](Cc2c[nH]c3ccccc23)NC(=O)[C@H](CCCCCCC(=O)OC)NC(=O)[C@H]2CCCCN2C1=O. The number of benzene rings is 1. The third kappa shape index (κ3) is 8.18. The minimum absolute atomic E-state index is 0.170. The van der Waals surface area contributed by atoms with Crippen LogP contribution in [0.25, 0.3) is 10.9 Å². The number of piperidine rings is 1. The van der Waals surface area contributed by atoms with Crippen molar-refractivity contribution in [2.45, 2.75) is 109 Å². The molecule has 44 heavy (non-hydrogen) atoms. The molecule has 2 saturated heterocycles. The van der Waals surface area contributed by atoms with E-state index in [4.69, 9.17) is 4.74 Å². The van der Waals surface area contributed by atoms with Crippen molar-refractivity contribution in [3.8, 4) is 0 Å². The predicted octanol–water partition coefficient (Wildman–Crippen LogP) is 3.12. The number of ether oxygens (including phenoxy) is 1. The zero-order chi connectivity index (χ0) is 31.6. The molecule has 5 atom stereocenters. The number of unbranched alkanes of at least 4 members (excludes halogenated alkanes) is 3. The number of hydrogen-bond acceptors (Lipinski definition) is 6. The van der Waals surface area contributed by atoms with Gasteiger partial charge in [-0.3, -0.25) is 24.0 Å². The topological polar surface area (TPSA) is 150 Å². The van der Waals surface area contributed by atoms with Gasteiger partial charge in [-0.25, -0.2) is 0 Å². The number of fused-ring (bicyclic) bond motifs is 2. The Morgan fingerprint density at radius 1 is 0.955 bits per heavy atom. The van der Waals surface area contributed by atoms with Gasteiger partial charge in [-0.2, -0.15) is 0 Å². The molecule has 4 amide bonds. The van der Waals surface area contributed by atoms with Crippen molar-refractivity contribution in [3.63, 3.8) is 0 Å². The van der Waals surface area contributed by atoms with E-state index in [1.54, 1.807) is 4.90 Å². The molecule has 0 bridgehead atoms. The average Bonchev–Trinajstić information content (AvgIpc) is 3.45. The molecule has 1 aromatic heterocycles. The third-order valence-electron chi connectivity index (χ3n) is 9.08. The van der Waals surface area contributed by atoms with Crippen molar-refractivity contribution in [2.75, 3.05) is 13.7 Å². The van der Waals surface area contributed by atoms with E-state index in [1.807, 2.05) is 44.3 Å². The van der Waals surface area contributed by atoms with Crippen molar-refractivity contribution in [2.24, 2.45) is 5.92 Å². The van der Waals surface area contributed by atoms with Crippen LogP contribution in [0, 0.1) is 5.92 Å². The quantitative estimate of drug-likeness (QED) is 0.227. The second-order valence-corrected chi connectivity index (χ2v) is 12.1. The minimum Gasteiger partial charge on any atom is -0.469 e. The number of aromatic nitrogens is 1. The van der Waals surface area contributed by atoms with Crippen LogP contribution < -0.4 is 16.0 Å². The van der Waals surface area contributed by atoms with E-state index in [1.165, 1.54) is 7.11 Å². The molecule has 11 nitrogen and oxygen atoms in total. The Morgan fingerprint density at radius 3 is 2.45 bits per heavy atom. The first kappa shape index (κ1) is 33.0. The summed E-state index contributed by atoms with van der Waals surface area (Å²) in [5.41, 5.74) is 1.78. The Hall–Kier alpha value is -3.89. The molecule has 0 spiro atoms. The lowest BCUT2D eigenvalue weighted by Crippen LogP contribution is -2.64. The number of esters is 1. The number of nitrogens with zero attached hydrogens (tertiary/aromatic N) is 1. The van der Waals surface area contributed by atoms with Crippen molar-refractivity contribution < 1.29 is 28.7 Å². The van der Waals surface area contributed by atoms with Crippen molar-refractivity contribution in [3.05, 3.63) is 36.0 Å². The van der Waals surface area contributed by atoms with E-state index in [0.717, 1.165) is 42.1 Å². The zero-order valence-corrected chi connectivity index (χ0v) is 26.2. The number of H-pyrrole nitrogens is 1. The fourth-order valence-corrected chi connectivity index (χ4v) is 6.20. The van der Waals surface area contributed by atoms with Crippen LogP contribution in [0.5, 0.6) is 0 Å². The lowest BCUT2D eigenvalue weighted by Gasteiger charge is -2.39. The molecule has 2 fully saturated rings. The van der Waals surface area contributed by atoms with Gasteiger partial charge in [0, 0.05) is 36.5 Å². The monoisotopic (exact) mass is 609 g/mol. The second kappa shape index (κ2) is 15.7. The molecule has 4 N–H and O–H groups in total. The maximum atomic E-state index is 14.0. The van der Waals surface area contributed by atoms with Crippen molar-refractivity contribution in [1.29, 1.82) is 0 Å². The summed E-state index contributed by atoms with van der Waals surface area (Å²) < 4.78 is 4.70. The first-order valence-corrected chi connectivity index (χ1v) is 16.1. The molecule has 2 aromatic rings. The van der Waals surface area contributed by atoms with Gasteiger partial charge in [0.25, 0.3) is 0 Å². The van der Waals surface area contributed by atoms with Crippen LogP contribution in [-0.2, 0) is 35.1 Å². The summed E-state index contributed by atoms with van der Waals surface area (Å²) in [6, 6.07) is 4.40. The Kier molecular flexibility index (Phi) is 11.8. The molecular weight excluding hydrogens is 562 g/mol. The normalized spacial score (nSPS) is 23.9. The van der Waals surface area contributed by atoms with Gasteiger partial charge < -0.3 is 30.6 Å². The average molecular weight is 610 g/mol. The van der Waals surface area contributed by atoms with Crippen LogP contribution in [0.3, 0.4) is 0 Å². The van der Waals surface area contributed by atoms with Gasteiger partial charge in [0.15, 0.2) is 0 Å². The van der Waals surface area contributed by atoms with E-state index < -0.39 is 36.0 Å². The predicted molar refractivity (Wildman–Crippen MR) is 166 cm³/mol. The number of hydrogen-bond donors (Lipinski definition) is 4. The number of carbonyl (C=O) groups excluding carboxylic acids is 5. The zero-order valence-electron chi connectivity index (χ0n) is 26.2. The largest absolute Gasteiger partial charge is 0.469 e. The lowest BCUT2D eigenvalue weighted by atomic mass is 9.93. The number of rotatable bonds is 11. The van der Waals surface area contributed by atoms with Gasteiger partial charge in [-0.15, -0.1) is 0 Å². The van der Waals surface area contributed by atoms with Gasteiger partial charge in [0.2, 0.25) is 23.6 Å². The van der Waals surface area contributed by atoms with Crippen molar-refractivity contribution in [1.82, 2.24) is 25.8 Å². The van der Waals surface area contributed by atoms with Crippen LogP contribution in [0.2, 0.25) is 0 Å². The minimum atomic E-state index is -0.961. The number of carbonyl (C=O) groups is 5. The van der Waals surface area contributed by atoms with Gasteiger partial charge in [0.05, 0.1) is 7.11 Å². The summed E-state index contributed by atoms with van der Waals surface area (Å²) in [5.74, 6) is -1.88. The Balaban J connectivity index is 1.60. The van der Waals surface area contributed by atoms with Crippen LogP contribution in [0.4, 0.5) is 0 Å². The van der Waals surface area contributed by atoms with Gasteiger partial charge in [0.1, 0.15) is 24.2 Å². The van der Waals surface area contributed by atoms with Crippen molar-refractivity contribution >= 4 is 40.5 Å². The van der Waals surface area contributed by atoms with E-state index in [9.17, 15) is 24.0 Å². The number of para-hydroxylation sites is 1. The summed E-state index contributed by atoms with van der Waals surface area (Å²) in [6.45, 7) is 4.31. The summed E-state index contributed by atoms with van der Waals surface area (Å²) in [5, 5.41) is 9.81. The summed E-state index contributed by atoms with van der Waals surface area (Å²) in [7, 11) is 1.37. The standard InChI is InChI=1S/C33H47N5O6/c1-4-21(2)29-33(43)38-18-12-11-16-27(38)32(42)35-25(15-7-5-6-8-17-28(39)44-3)30(40)36-26(31(41)37-29)19-22-20-34-24-14-10-9-13-23(22)24/h9-10,13-14,20-21,25-27,29,34H,4-8,11-12,15-19H2,1-3H3,(H,35,42)(H,36,40)(H,37,41)/t21?,25-,26-,27+,29-/m0/s1. The molecule has 1 aromatic carbocycles. The highest BCUT2D eigenvalue weighted by atomic mass is 16.5. The number of aromatic amines is 1. The summed E-state index contributed by atoms with van der Waals surface area (Å²) in [6.07, 6.45) is 8.35. The molecule has 3 heterocycles.